The van der Waals surface area contributed by atoms with Gasteiger partial charge in [0.15, 0.2) is 5.78 Å². The van der Waals surface area contributed by atoms with Gasteiger partial charge in [0, 0.05) is 18.3 Å². The number of aliphatic hydroxyl groups is 2. The van der Waals surface area contributed by atoms with Gasteiger partial charge in [-0.15, -0.1) is 0 Å². The van der Waals surface area contributed by atoms with Gasteiger partial charge in [-0.2, -0.15) is 0 Å². The van der Waals surface area contributed by atoms with Crippen molar-refractivity contribution in [2.45, 2.75) is 112 Å². The normalized spacial score (nSPS) is 47.8. The van der Waals surface area contributed by atoms with Crippen LogP contribution in [0.25, 0.3) is 0 Å². The summed E-state index contributed by atoms with van der Waals surface area (Å²) in [5.74, 6) is 0.904. The Kier molecular flexibility index (Phi) is 5.70. The number of hydrogen-bond acceptors (Lipinski definition) is 4. The number of aliphatic hydroxyl groups excluding tert-OH is 1. The standard InChI is InChI=1S/C29H46O4/c1-17(2)13-18(30)15-29(8,33)19-9-11-27(6)20(19)14-21(31)24-26(5)16-23(32)25(3,4)22(26)10-12-28(24,27)7/h13,19-22,24,31,33H,9-12,14-16H2,1-8H3/t19-,20+,21+,22-,24+,26-,27+,28+,29+/m0/s1. The Labute approximate surface area is 200 Å². The third-order valence-corrected chi connectivity index (χ3v) is 11.5. The zero-order valence-corrected chi connectivity index (χ0v) is 22.1. The van der Waals surface area contributed by atoms with Gasteiger partial charge in [0.25, 0.3) is 0 Å². The minimum Gasteiger partial charge on any atom is -0.393 e. The van der Waals surface area contributed by atoms with Crippen molar-refractivity contribution in [3.05, 3.63) is 11.6 Å². The Hall–Kier alpha value is -1.00. The summed E-state index contributed by atoms with van der Waals surface area (Å²) >= 11 is 0. The van der Waals surface area contributed by atoms with Gasteiger partial charge in [0.2, 0.25) is 0 Å². The zero-order chi connectivity index (χ0) is 24.8. The van der Waals surface area contributed by atoms with Gasteiger partial charge >= 0.3 is 0 Å². The summed E-state index contributed by atoms with van der Waals surface area (Å²) in [6.07, 6.45) is 6.45. The lowest BCUT2D eigenvalue weighted by molar-refractivity contribution is -0.222. The van der Waals surface area contributed by atoms with Crippen molar-refractivity contribution in [1.29, 1.82) is 0 Å². The fraction of sp³-hybridized carbons (Fsp3) is 0.862. The summed E-state index contributed by atoms with van der Waals surface area (Å²) in [5.41, 5.74) is -0.734. The van der Waals surface area contributed by atoms with E-state index in [0.717, 1.165) is 31.3 Å². The second-order valence-corrected chi connectivity index (χ2v) is 14.0. The molecule has 0 aromatic heterocycles. The van der Waals surface area contributed by atoms with Crippen LogP contribution >= 0.6 is 0 Å². The molecule has 33 heavy (non-hydrogen) atoms. The molecule has 4 nitrogen and oxygen atoms in total. The Morgan fingerprint density at radius 3 is 2.30 bits per heavy atom. The van der Waals surface area contributed by atoms with Gasteiger partial charge in [-0.3, -0.25) is 9.59 Å². The molecule has 0 spiro atoms. The third-order valence-electron chi connectivity index (χ3n) is 11.5. The molecule has 0 radical (unpaired) electrons. The van der Waals surface area contributed by atoms with Crippen molar-refractivity contribution < 1.29 is 19.8 Å². The summed E-state index contributed by atoms with van der Waals surface area (Å²) in [7, 11) is 0. The molecular formula is C29H46O4. The highest BCUT2D eigenvalue weighted by atomic mass is 16.3. The Bertz CT molecular complexity index is 880. The van der Waals surface area contributed by atoms with E-state index < -0.39 is 11.7 Å². The Balaban J connectivity index is 1.68. The van der Waals surface area contributed by atoms with E-state index in [0.29, 0.717) is 24.5 Å². The number of Topliss-reactive ketones (excluding diaryl/α,β-unsaturated/α-hetero) is 1. The lowest BCUT2D eigenvalue weighted by Gasteiger charge is -2.67. The molecule has 4 aliphatic carbocycles. The van der Waals surface area contributed by atoms with E-state index in [9.17, 15) is 19.8 Å². The highest BCUT2D eigenvalue weighted by Crippen LogP contribution is 2.76. The first-order valence-corrected chi connectivity index (χ1v) is 13.1. The van der Waals surface area contributed by atoms with Crippen LogP contribution in [-0.4, -0.2) is 33.5 Å². The predicted molar refractivity (Wildman–Crippen MR) is 130 cm³/mol. The molecule has 4 heteroatoms. The number of carbonyl (C=O) groups excluding carboxylic acids is 2. The van der Waals surface area contributed by atoms with Crippen LogP contribution in [0.2, 0.25) is 0 Å². The summed E-state index contributed by atoms with van der Waals surface area (Å²) < 4.78 is 0. The van der Waals surface area contributed by atoms with Crippen LogP contribution in [0.5, 0.6) is 0 Å². The molecular weight excluding hydrogens is 412 g/mol. The highest BCUT2D eigenvalue weighted by Gasteiger charge is 2.73. The monoisotopic (exact) mass is 458 g/mol. The van der Waals surface area contributed by atoms with Crippen LogP contribution in [0.15, 0.2) is 11.6 Å². The summed E-state index contributed by atoms with van der Waals surface area (Å²) in [5, 5.41) is 23.3. The zero-order valence-electron chi connectivity index (χ0n) is 22.1. The molecule has 4 rings (SSSR count). The van der Waals surface area contributed by atoms with Crippen LogP contribution in [-0.2, 0) is 9.59 Å². The largest absolute Gasteiger partial charge is 0.393 e. The topological polar surface area (TPSA) is 74.6 Å². The van der Waals surface area contributed by atoms with Crippen LogP contribution in [0.1, 0.15) is 100 Å². The van der Waals surface area contributed by atoms with Gasteiger partial charge in [-0.05, 0) is 98.9 Å². The Morgan fingerprint density at radius 2 is 1.70 bits per heavy atom. The first-order valence-electron chi connectivity index (χ1n) is 13.1. The molecule has 0 aromatic rings. The number of rotatable bonds is 4. The van der Waals surface area contributed by atoms with E-state index in [-0.39, 0.29) is 51.6 Å². The maximum Gasteiger partial charge on any atom is 0.158 e. The molecule has 9 atom stereocenters. The molecule has 186 valence electrons. The first kappa shape index (κ1) is 25.1. The maximum absolute atomic E-state index is 13.1. The van der Waals surface area contributed by atoms with Crippen LogP contribution in [0, 0.1) is 45.3 Å². The lowest BCUT2D eigenvalue weighted by Crippen LogP contribution is -2.64. The molecule has 0 unspecified atom stereocenters. The maximum atomic E-state index is 13.1. The average molecular weight is 459 g/mol. The van der Waals surface area contributed by atoms with Crippen molar-refractivity contribution in [1.82, 2.24) is 0 Å². The SMILES string of the molecule is CC(C)=CC(=O)C[C@@](C)(O)[C@H]1CC[C@]2(C)[C@@H]1C[C@@H](O)[C@@H]1[C@@]3(C)CC(=O)C(C)(C)[C@@H]3CC[C@]12C. The van der Waals surface area contributed by atoms with Crippen LogP contribution in [0.4, 0.5) is 0 Å². The Morgan fingerprint density at radius 1 is 1.09 bits per heavy atom. The predicted octanol–water partition coefficient (Wildman–Crippen LogP) is 5.50. The van der Waals surface area contributed by atoms with E-state index in [1.165, 1.54) is 0 Å². The lowest BCUT2D eigenvalue weighted by atomic mass is 9.38. The minimum absolute atomic E-state index is 0.00313. The van der Waals surface area contributed by atoms with Gasteiger partial charge in [0.05, 0.1) is 11.7 Å². The van der Waals surface area contributed by atoms with Gasteiger partial charge in [0.1, 0.15) is 5.78 Å². The summed E-state index contributed by atoms with van der Waals surface area (Å²) in [6, 6.07) is 0. The molecule has 0 bridgehead atoms. The summed E-state index contributed by atoms with van der Waals surface area (Å²) in [4.78, 5) is 25.6. The van der Waals surface area contributed by atoms with E-state index in [4.69, 9.17) is 0 Å². The molecule has 4 aliphatic rings. The highest BCUT2D eigenvalue weighted by molar-refractivity contribution is 5.91. The smallest absolute Gasteiger partial charge is 0.158 e. The van der Waals surface area contributed by atoms with Crippen LogP contribution in [0.3, 0.4) is 0 Å². The van der Waals surface area contributed by atoms with Crippen LogP contribution < -0.4 is 0 Å². The molecule has 4 saturated carbocycles. The fourth-order valence-electron chi connectivity index (χ4n) is 9.98. The number of allylic oxidation sites excluding steroid dienone is 2. The minimum atomic E-state index is -1.08. The molecule has 4 fully saturated rings. The first-order chi connectivity index (χ1) is 15.0. The molecule has 0 aliphatic heterocycles. The second-order valence-electron chi connectivity index (χ2n) is 14.0. The molecule has 0 amide bonds. The van der Waals surface area contributed by atoms with E-state index in [1.54, 1.807) is 6.08 Å². The van der Waals surface area contributed by atoms with Crippen molar-refractivity contribution in [2.75, 3.05) is 0 Å². The van der Waals surface area contributed by atoms with Gasteiger partial charge < -0.3 is 10.2 Å². The van der Waals surface area contributed by atoms with Gasteiger partial charge in [-0.25, -0.2) is 0 Å². The quantitative estimate of drug-likeness (QED) is 0.546. The molecule has 2 N–H and O–H groups in total. The van der Waals surface area contributed by atoms with Crippen molar-refractivity contribution in [2.24, 2.45) is 45.3 Å². The molecule has 0 heterocycles. The van der Waals surface area contributed by atoms with Crippen molar-refractivity contribution in [3.8, 4) is 0 Å². The van der Waals surface area contributed by atoms with E-state index in [2.05, 4.69) is 34.6 Å². The number of carbonyl (C=O) groups is 2. The fourth-order valence-corrected chi connectivity index (χ4v) is 9.98. The second kappa shape index (κ2) is 7.50. The number of ketones is 2. The molecule has 0 saturated heterocycles. The van der Waals surface area contributed by atoms with Crippen molar-refractivity contribution >= 4 is 11.6 Å². The number of hydrogen-bond donors (Lipinski definition) is 2. The molecule has 0 aromatic carbocycles. The van der Waals surface area contributed by atoms with E-state index in [1.807, 2.05) is 20.8 Å². The third kappa shape index (κ3) is 3.37. The van der Waals surface area contributed by atoms with Crippen molar-refractivity contribution in [3.63, 3.8) is 0 Å². The van der Waals surface area contributed by atoms with Gasteiger partial charge in [-0.1, -0.05) is 40.2 Å². The van der Waals surface area contributed by atoms with E-state index >= 15 is 0 Å². The summed E-state index contributed by atoms with van der Waals surface area (Å²) in [6.45, 7) is 16.9. The number of fused-ring (bicyclic) bond motifs is 5. The average Bonchev–Trinajstić information content (AvgIpc) is 3.06.